The quantitative estimate of drug-likeness (QED) is 0.411. The fourth-order valence-corrected chi connectivity index (χ4v) is 3.54. The van der Waals surface area contributed by atoms with Crippen LogP contribution in [-0.2, 0) is 4.79 Å². The zero-order valence-corrected chi connectivity index (χ0v) is 17.7. The Morgan fingerprint density at radius 3 is 2.73 bits per heavy atom. The molecule has 0 aliphatic heterocycles. The van der Waals surface area contributed by atoms with Crippen LogP contribution in [0.1, 0.15) is 27.2 Å². The first-order chi connectivity index (χ1) is 14.2. The molecule has 0 bridgehead atoms. The highest BCUT2D eigenvalue weighted by Gasteiger charge is 2.28. The van der Waals surface area contributed by atoms with Crippen molar-refractivity contribution < 1.29 is 9.90 Å². The van der Waals surface area contributed by atoms with Crippen molar-refractivity contribution in [3.63, 3.8) is 0 Å². The molecular formula is C22H22ClN5O2. The van der Waals surface area contributed by atoms with E-state index in [1.165, 1.54) is 0 Å². The van der Waals surface area contributed by atoms with Crippen molar-refractivity contribution in [2.45, 2.75) is 33.2 Å². The first-order valence-corrected chi connectivity index (χ1v) is 9.98. The Balaban J connectivity index is 1.87. The molecule has 0 aliphatic rings. The Hall–Kier alpha value is -3.19. The van der Waals surface area contributed by atoms with Gasteiger partial charge in [-0.15, -0.1) is 0 Å². The third-order valence-corrected chi connectivity index (χ3v) is 5.28. The number of anilines is 1. The second kappa shape index (κ2) is 7.57. The summed E-state index contributed by atoms with van der Waals surface area (Å²) in [7, 11) is 0. The average Bonchev–Trinajstić information content (AvgIpc) is 3.09. The van der Waals surface area contributed by atoms with Gasteiger partial charge in [0, 0.05) is 34.8 Å². The number of hydrogen-bond donors (Lipinski definition) is 3. The van der Waals surface area contributed by atoms with Gasteiger partial charge in [0.25, 0.3) is 0 Å². The van der Waals surface area contributed by atoms with Crippen LogP contribution in [0.25, 0.3) is 33.3 Å². The number of halogens is 1. The van der Waals surface area contributed by atoms with E-state index in [1.54, 1.807) is 12.4 Å². The Morgan fingerprint density at radius 2 is 2.00 bits per heavy atom. The fourth-order valence-electron chi connectivity index (χ4n) is 3.38. The third kappa shape index (κ3) is 3.93. The summed E-state index contributed by atoms with van der Waals surface area (Å²) >= 11 is 6.14. The van der Waals surface area contributed by atoms with E-state index in [-0.39, 0.29) is 17.9 Å². The van der Waals surface area contributed by atoms with Gasteiger partial charge in [-0.25, -0.2) is 15.0 Å². The van der Waals surface area contributed by atoms with Crippen LogP contribution in [0.2, 0.25) is 5.02 Å². The van der Waals surface area contributed by atoms with Crippen LogP contribution in [0.3, 0.4) is 0 Å². The minimum Gasteiger partial charge on any atom is -0.481 e. The predicted octanol–water partition coefficient (Wildman–Crippen LogP) is 5.13. The summed E-state index contributed by atoms with van der Waals surface area (Å²) in [5.41, 5.74) is 1.94. The lowest BCUT2D eigenvalue weighted by Crippen LogP contribution is -2.36. The summed E-state index contributed by atoms with van der Waals surface area (Å²) < 4.78 is 0. The highest BCUT2D eigenvalue weighted by atomic mass is 35.5. The second-order valence-electron chi connectivity index (χ2n) is 8.33. The van der Waals surface area contributed by atoms with Gasteiger partial charge < -0.3 is 15.4 Å². The number of benzene rings is 1. The number of nitrogens with one attached hydrogen (secondary N) is 2. The molecule has 0 spiro atoms. The molecule has 3 aromatic heterocycles. The number of nitrogens with zero attached hydrogens (tertiary/aromatic N) is 3. The van der Waals surface area contributed by atoms with Crippen LogP contribution in [0.15, 0.2) is 42.7 Å². The molecule has 1 aromatic carbocycles. The van der Waals surface area contributed by atoms with Gasteiger partial charge in [-0.3, -0.25) is 4.79 Å². The van der Waals surface area contributed by atoms with E-state index in [0.717, 1.165) is 21.9 Å². The number of carbonyl (C=O) groups is 1. The molecule has 4 aromatic rings. The van der Waals surface area contributed by atoms with Gasteiger partial charge in [0.15, 0.2) is 5.82 Å². The van der Waals surface area contributed by atoms with Crippen LogP contribution >= 0.6 is 11.6 Å². The smallest absolute Gasteiger partial charge is 0.305 e. The lowest BCUT2D eigenvalue weighted by molar-refractivity contribution is -0.137. The molecule has 3 heterocycles. The summed E-state index contributed by atoms with van der Waals surface area (Å²) in [6.45, 7) is 6.02. The van der Waals surface area contributed by atoms with Crippen LogP contribution in [0, 0.1) is 5.41 Å². The topological polar surface area (TPSA) is 104 Å². The van der Waals surface area contributed by atoms with E-state index >= 15 is 0 Å². The van der Waals surface area contributed by atoms with Gasteiger partial charge in [-0.2, -0.15) is 0 Å². The number of H-pyrrole nitrogens is 1. The molecule has 3 N–H and O–H groups in total. The first-order valence-electron chi connectivity index (χ1n) is 9.60. The highest BCUT2D eigenvalue weighted by molar-refractivity contribution is 6.31. The van der Waals surface area contributed by atoms with Gasteiger partial charge in [-0.05, 0) is 23.6 Å². The largest absolute Gasteiger partial charge is 0.481 e. The van der Waals surface area contributed by atoms with Gasteiger partial charge in [0.1, 0.15) is 11.5 Å². The van der Waals surface area contributed by atoms with Gasteiger partial charge >= 0.3 is 5.97 Å². The number of rotatable bonds is 5. The number of pyridine rings is 1. The van der Waals surface area contributed by atoms with Crippen molar-refractivity contribution in [3.8, 4) is 11.4 Å². The molecule has 0 aliphatic carbocycles. The van der Waals surface area contributed by atoms with E-state index in [4.69, 9.17) is 21.6 Å². The molecule has 1 atom stereocenters. The molecule has 0 fully saturated rings. The summed E-state index contributed by atoms with van der Waals surface area (Å²) in [4.78, 5) is 28.4. The number of aromatic nitrogens is 4. The molecule has 0 amide bonds. The van der Waals surface area contributed by atoms with E-state index in [9.17, 15) is 9.90 Å². The number of para-hydroxylation sites is 1. The Morgan fingerprint density at radius 1 is 1.23 bits per heavy atom. The molecule has 154 valence electrons. The van der Waals surface area contributed by atoms with Crippen LogP contribution in [0.5, 0.6) is 0 Å². The van der Waals surface area contributed by atoms with Crippen molar-refractivity contribution in [2.75, 3.05) is 5.32 Å². The SMILES string of the molecule is CC(C)(C)[C@@H](CC(=O)O)Nc1nc(-c2c[nH]c3ncc(Cl)cc23)nc2ccccc12. The molecule has 0 radical (unpaired) electrons. The maximum Gasteiger partial charge on any atom is 0.305 e. The van der Waals surface area contributed by atoms with Gasteiger partial charge in [0.05, 0.1) is 17.0 Å². The van der Waals surface area contributed by atoms with Crippen LogP contribution in [-0.4, -0.2) is 37.1 Å². The monoisotopic (exact) mass is 423 g/mol. The van der Waals surface area contributed by atoms with E-state index < -0.39 is 5.97 Å². The molecule has 0 unspecified atom stereocenters. The summed E-state index contributed by atoms with van der Waals surface area (Å²) in [5.74, 6) is 0.244. The maximum absolute atomic E-state index is 11.4. The molecule has 4 rings (SSSR count). The normalized spacial score (nSPS) is 12.9. The number of aromatic amines is 1. The fraction of sp³-hybridized carbons (Fsp3) is 0.273. The number of hydrogen-bond acceptors (Lipinski definition) is 5. The van der Waals surface area contributed by atoms with Crippen LogP contribution in [0.4, 0.5) is 5.82 Å². The van der Waals surface area contributed by atoms with Crippen LogP contribution < -0.4 is 5.32 Å². The van der Waals surface area contributed by atoms with E-state index in [1.807, 2.05) is 51.1 Å². The Bertz CT molecular complexity index is 1250. The Labute approximate surface area is 178 Å². The molecule has 0 saturated carbocycles. The lowest BCUT2D eigenvalue weighted by atomic mass is 9.84. The van der Waals surface area contributed by atoms with Crippen molar-refractivity contribution in [2.24, 2.45) is 5.41 Å². The highest BCUT2D eigenvalue weighted by Crippen LogP contribution is 2.32. The van der Waals surface area contributed by atoms with Gasteiger partial charge in [0.2, 0.25) is 0 Å². The zero-order valence-electron chi connectivity index (χ0n) is 16.9. The molecule has 8 heteroatoms. The minimum absolute atomic E-state index is 0.0240. The van der Waals surface area contributed by atoms with E-state index in [2.05, 4.69) is 15.3 Å². The van der Waals surface area contributed by atoms with E-state index in [0.29, 0.717) is 22.3 Å². The second-order valence-corrected chi connectivity index (χ2v) is 8.76. The van der Waals surface area contributed by atoms with Crippen molar-refractivity contribution in [1.82, 2.24) is 19.9 Å². The molecule has 0 saturated heterocycles. The lowest BCUT2D eigenvalue weighted by Gasteiger charge is -2.31. The predicted molar refractivity (Wildman–Crippen MR) is 119 cm³/mol. The first kappa shape index (κ1) is 20.1. The Kier molecular flexibility index (Phi) is 5.07. The minimum atomic E-state index is -0.863. The standard InChI is InChI=1S/C22H22ClN5O2/c1-22(2,3)17(9-18(29)30)27-20-13-6-4-5-7-16(13)26-21(28-20)15-11-25-19-14(15)8-12(23)10-24-19/h4-8,10-11,17H,9H2,1-3H3,(H,24,25)(H,29,30)(H,26,27,28)/t17-/m1/s1. The maximum atomic E-state index is 11.4. The number of aliphatic carboxylic acids is 1. The average molecular weight is 424 g/mol. The summed E-state index contributed by atoms with van der Waals surface area (Å²) in [6, 6.07) is 9.17. The number of carboxylic acids is 1. The van der Waals surface area contributed by atoms with Crippen molar-refractivity contribution >= 4 is 45.3 Å². The zero-order chi connectivity index (χ0) is 21.5. The number of fused-ring (bicyclic) bond motifs is 2. The number of carboxylic acid groups (broad SMARTS) is 1. The molecule has 7 nitrogen and oxygen atoms in total. The molecule has 30 heavy (non-hydrogen) atoms. The summed E-state index contributed by atoms with van der Waals surface area (Å²) in [5, 5.41) is 14.9. The van der Waals surface area contributed by atoms with Gasteiger partial charge in [-0.1, -0.05) is 44.5 Å². The molecular weight excluding hydrogens is 402 g/mol. The summed E-state index contributed by atoms with van der Waals surface area (Å²) in [6.07, 6.45) is 3.36. The van der Waals surface area contributed by atoms with Crippen molar-refractivity contribution in [1.29, 1.82) is 0 Å². The van der Waals surface area contributed by atoms with Crippen molar-refractivity contribution in [3.05, 3.63) is 47.7 Å². The third-order valence-electron chi connectivity index (χ3n) is 5.08.